The molecule has 0 unspecified atom stereocenters. The van der Waals surface area contributed by atoms with E-state index in [0.29, 0.717) is 44.0 Å². The lowest BCUT2D eigenvalue weighted by Crippen LogP contribution is -2.38. The molecule has 0 saturated carbocycles. The van der Waals surface area contributed by atoms with Crippen LogP contribution >= 0.6 is 0 Å². The zero-order chi connectivity index (χ0) is 16.8. The van der Waals surface area contributed by atoms with Gasteiger partial charge in [-0.3, -0.25) is 9.78 Å². The van der Waals surface area contributed by atoms with Crippen molar-refractivity contribution >= 4 is 12.0 Å². The Hall–Kier alpha value is -2.89. The minimum Gasteiger partial charge on any atom is -0.410 e. The highest BCUT2D eigenvalue weighted by Gasteiger charge is 2.24. The average molecular weight is 325 g/mol. The molecule has 0 spiro atoms. The number of benzene rings is 1. The molecule has 6 nitrogen and oxygen atoms in total. The molecule has 1 aromatic heterocycles. The highest BCUT2D eigenvalue weighted by atomic mass is 16.6. The van der Waals surface area contributed by atoms with Crippen LogP contribution in [0.25, 0.3) is 0 Å². The summed E-state index contributed by atoms with van der Waals surface area (Å²) in [5.41, 5.74) is 0.429. The van der Waals surface area contributed by atoms with Crippen molar-refractivity contribution in [1.82, 2.24) is 14.8 Å². The summed E-state index contributed by atoms with van der Waals surface area (Å²) in [5.74, 6) is 0.419. The van der Waals surface area contributed by atoms with E-state index in [2.05, 4.69) is 4.98 Å². The number of nitrogens with zero attached hydrogens (tertiary/aromatic N) is 3. The molecule has 124 valence electrons. The molecule has 6 heteroatoms. The first-order valence-corrected chi connectivity index (χ1v) is 7.96. The molecule has 24 heavy (non-hydrogen) atoms. The number of para-hydroxylation sites is 1. The van der Waals surface area contributed by atoms with Crippen LogP contribution in [0.1, 0.15) is 16.9 Å². The fourth-order valence-electron chi connectivity index (χ4n) is 2.61. The first kappa shape index (κ1) is 16.0. The Kier molecular flexibility index (Phi) is 5.05. The van der Waals surface area contributed by atoms with E-state index >= 15 is 0 Å². The second-order valence-electron chi connectivity index (χ2n) is 5.53. The fourth-order valence-corrected chi connectivity index (χ4v) is 2.61. The number of carbonyl (C=O) groups is 2. The van der Waals surface area contributed by atoms with Crippen LogP contribution in [0.4, 0.5) is 4.79 Å². The topological polar surface area (TPSA) is 62.7 Å². The first-order valence-electron chi connectivity index (χ1n) is 7.96. The molecule has 1 aromatic carbocycles. The van der Waals surface area contributed by atoms with Gasteiger partial charge in [-0.25, -0.2) is 4.79 Å². The second-order valence-corrected chi connectivity index (χ2v) is 5.53. The number of amides is 2. The lowest BCUT2D eigenvalue weighted by Gasteiger charge is -2.21. The summed E-state index contributed by atoms with van der Waals surface area (Å²) >= 11 is 0. The van der Waals surface area contributed by atoms with Gasteiger partial charge in [-0.1, -0.05) is 24.3 Å². The maximum atomic E-state index is 12.4. The maximum absolute atomic E-state index is 12.4. The summed E-state index contributed by atoms with van der Waals surface area (Å²) < 4.78 is 5.36. The van der Waals surface area contributed by atoms with Crippen LogP contribution in [0.5, 0.6) is 5.75 Å². The second kappa shape index (κ2) is 7.59. The van der Waals surface area contributed by atoms with Gasteiger partial charge in [0.05, 0.1) is 0 Å². The largest absolute Gasteiger partial charge is 0.415 e. The van der Waals surface area contributed by atoms with Crippen LogP contribution in [0.3, 0.4) is 0 Å². The van der Waals surface area contributed by atoms with E-state index < -0.39 is 0 Å². The van der Waals surface area contributed by atoms with Crippen LogP contribution in [0.15, 0.2) is 54.7 Å². The molecule has 1 aliphatic rings. The average Bonchev–Trinajstić information content (AvgIpc) is 2.89. The molecular weight excluding hydrogens is 306 g/mol. The van der Waals surface area contributed by atoms with Crippen molar-refractivity contribution in [3.63, 3.8) is 0 Å². The lowest BCUT2D eigenvalue weighted by atomic mass is 10.3. The Labute approximate surface area is 140 Å². The third kappa shape index (κ3) is 3.90. The molecule has 0 radical (unpaired) electrons. The Bertz CT molecular complexity index is 691. The molecule has 3 rings (SSSR count). The molecule has 2 amide bonds. The molecule has 0 bridgehead atoms. The standard InChI is InChI=1S/C18H19N3O3/c22-17(16-9-4-5-10-19-16)20-11-6-12-21(14-13-20)18(23)24-15-7-2-1-3-8-15/h1-5,7-10H,6,11-14H2. The summed E-state index contributed by atoms with van der Waals surface area (Å²) in [7, 11) is 0. The first-order chi connectivity index (χ1) is 11.7. The third-order valence-electron chi connectivity index (χ3n) is 3.87. The van der Waals surface area contributed by atoms with Gasteiger partial charge in [-0.15, -0.1) is 0 Å². The molecule has 0 N–H and O–H groups in total. The lowest BCUT2D eigenvalue weighted by molar-refractivity contribution is 0.0754. The highest BCUT2D eigenvalue weighted by Crippen LogP contribution is 2.13. The van der Waals surface area contributed by atoms with E-state index in [-0.39, 0.29) is 12.0 Å². The molecule has 2 heterocycles. The molecule has 1 fully saturated rings. The van der Waals surface area contributed by atoms with E-state index in [9.17, 15) is 9.59 Å². The zero-order valence-electron chi connectivity index (χ0n) is 13.3. The van der Waals surface area contributed by atoms with Crippen molar-refractivity contribution in [2.24, 2.45) is 0 Å². The number of hydrogen-bond donors (Lipinski definition) is 0. The van der Waals surface area contributed by atoms with Crippen LogP contribution < -0.4 is 4.74 Å². The third-order valence-corrected chi connectivity index (χ3v) is 3.87. The fraction of sp³-hybridized carbons (Fsp3) is 0.278. The van der Waals surface area contributed by atoms with Gasteiger partial charge in [0, 0.05) is 32.4 Å². The number of aromatic nitrogens is 1. The highest BCUT2D eigenvalue weighted by molar-refractivity contribution is 5.92. The number of rotatable bonds is 2. The Morgan fingerprint density at radius 2 is 1.58 bits per heavy atom. The minimum absolute atomic E-state index is 0.103. The monoisotopic (exact) mass is 325 g/mol. The molecular formula is C18H19N3O3. The normalized spacial score (nSPS) is 14.8. The summed E-state index contributed by atoms with van der Waals surface area (Å²) in [4.78, 5) is 32.2. The van der Waals surface area contributed by atoms with Crippen LogP contribution in [-0.4, -0.2) is 53.0 Å². The van der Waals surface area contributed by atoms with E-state index in [1.165, 1.54) is 0 Å². The van der Waals surface area contributed by atoms with E-state index in [0.717, 1.165) is 0 Å². The van der Waals surface area contributed by atoms with Gasteiger partial charge in [0.2, 0.25) is 0 Å². The maximum Gasteiger partial charge on any atom is 0.415 e. The molecule has 2 aromatic rings. The van der Waals surface area contributed by atoms with Crippen molar-refractivity contribution in [3.8, 4) is 5.75 Å². The zero-order valence-corrected chi connectivity index (χ0v) is 13.3. The van der Waals surface area contributed by atoms with Gasteiger partial charge >= 0.3 is 6.09 Å². The van der Waals surface area contributed by atoms with Crippen molar-refractivity contribution in [3.05, 3.63) is 60.4 Å². The predicted molar refractivity (Wildman–Crippen MR) is 88.8 cm³/mol. The van der Waals surface area contributed by atoms with E-state index in [1.54, 1.807) is 46.3 Å². The molecule has 1 aliphatic heterocycles. The van der Waals surface area contributed by atoms with Gasteiger partial charge in [0.1, 0.15) is 11.4 Å². The van der Waals surface area contributed by atoms with Gasteiger partial charge in [-0.2, -0.15) is 0 Å². The van der Waals surface area contributed by atoms with Crippen LogP contribution in [0, 0.1) is 0 Å². The molecule has 0 aliphatic carbocycles. The summed E-state index contributed by atoms with van der Waals surface area (Å²) in [6.07, 6.45) is 1.94. The predicted octanol–water partition coefficient (Wildman–Crippen LogP) is 2.43. The van der Waals surface area contributed by atoms with Gasteiger partial charge in [0.25, 0.3) is 5.91 Å². The van der Waals surface area contributed by atoms with Gasteiger partial charge < -0.3 is 14.5 Å². The molecule has 0 atom stereocenters. The number of carbonyl (C=O) groups excluding carboxylic acids is 2. The Morgan fingerprint density at radius 1 is 0.875 bits per heavy atom. The van der Waals surface area contributed by atoms with Crippen molar-refractivity contribution in [2.75, 3.05) is 26.2 Å². The Morgan fingerprint density at radius 3 is 2.33 bits per heavy atom. The molecule has 1 saturated heterocycles. The number of ether oxygens (including phenoxy) is 1. The van der Waals surface area contributed by atoms with Crippen molar-refractivity contribution in [1.29, 1.82) is 0 Å². The van der Waals surface area contributed by atoms with E-state index in [1.807, 2.05) is 18.2 Å². The van der Waals surface area contributed by atoms with Crippen LogP contribution in [-0.2, 0) is 0 Å². The van der Waals surface area contributed by atoms with Gasteiger partial charge in [0.15, 0.2) is 0 Å². The smallest absolute Gasteiger partial charge is 0.410 e. The summed E-state index contributed by atoms with van der Waals surface area (Å²) in [5, 5.41) is 0. The summed E-state index contributed by atoms with van der Waals surface area (Å²) in [6, 6.07) is 14.3. The minimum atomic E-state index is -0.381. The summed E-state index contributed by atoms with van der Waals surface area (Å²) in [6.45, 7) is 2.09. The van der Waals surface area contributed by atoms with Crippen molar-refractivity contribution < 1.29 is 14.3 Å². The van der Waals surface area contributed by atoms with E-state index in [4.69, 9.17) is 4.74 Å². The SMILES string of the molecule is O=C(Oc1ccccc1)N1CCCN(C(=O)c2ccccn2)CC1. The number of pyridine rings is 1. The number of hydrogen-bond acceptors (Lipinski definition) is 4. The van der Waals surface area contributed by atoms with Crippen molar-refractivity contribution in [2.45, 2.75) is 6.42 Å². The quantitative estimate of drug-likeness (QED) is 0.851. The Balaban J connectivity index is 1.59. The van der Waals surface area contributed by atoms with Crippen LogP contribution in [0.2, 0.25) is 0 Å². The van der Waals surface area contributed by atoms with Gasteiger partial charge in [-0.05, 0) is 30.7 Å².